The topological polar surface area (TPSA) is 35.5 Å². The van der Waals surface area contributed by atoms with Crippen LogP contribution in [0.15, 0.2) is 24.3 Å². The number of rotatable bonds is 5. The highest BCUT2D eigenvalue weighted by Gasteiger charge is 2.14. The molecule has 0 aliphatic carbocycles. The van der Waals surface area contributed by atoms with Crippen LogP contribution in [0.5, 0.6) is 5.75 Å². The van der Waals surface area contributed by atoms with E-state index < -0.39 is 0 Å². The quantitative estimate of drug-likeness (QED) is 0.752. The second-order valence-electron chi connectivity index (χ2n) is 5.29. The van der Waals surface area contributed by atoms with Gasteiger partial charge in [0.2, 0.25) is 0 Å². The molecule has 0 saturated heterocycles. The third-order valence-electron chi connectivity index (χ3n) is 2.52. The molecule has 0 saturated carbocycles. The molecule has 0 N–H and O–H groups in total. The maximum absolute atomic E-state index is 11.3. The molecule has 1 aromatic carbocycles. The Morgan fingerprint density at radius 3 is 2.61 bits per heavy atom. The van der Waals surface area contributed by atoms with Gasteiger partial charge >= 0.3 is 5.97 Å². The highest BCUT2D eigenvalue weighted by Crippen LogP contribution is 2.25. The number of benzene rings is 1. The Balaban J connectivity index is 2.55. The molecule has 0 fully saturated rings. The summed E-state index contributed by atoms with van der Waals surface area (Å²) in [5.41, 5.74) is 1.25. The molecule has 3 nitrogen and oxygen atoms in total. The molecule has 0 radical (unpaired) electrons. The molecule has 3 heteroatoms. The molecular formula is C15H22O3. The summed E-state index contributed by atoms with van der Waals surface area (Å²) in [5.74, 6) is 0.383. The van der Waals surface area contributed by atoms with Crippen LogP contribution >= 0.6 is 0 Å². The molecule has 0 aromatic heterocycles. The van der Waals surface area contributed by atoms with Gasteiger partial charge in [0.1, 0.15) is 5.75 Å². The number of hydrogen-bond acceptors (Lipinski definition) is 3. The van der Waals surface area contributed by atoms with E-state index in [4.69, 9.17) is 9.47 Å². The van der Waals surface area contributed by atoms with Crippen molar-refractivity contribution < 1.29 is 14.3 Å². The Labute approximate surface area is 109 Å². The van der Waals surface area contributed by atoms with Crippen molar-refractivity contribution in [3.05, 3.63) is 29.8 Å². The van der Waals surface area contributed by atoms with Gasteiger partial charge in [-0.1, -0.05) is 39.8 Å². The van der Waals surface area contributed by atoms with Crippen LogP contribution in [-0.2, 0) is 14.9 Å². The van der Waals surface area contributed by atoms with E-state index in [1.54, 1.807) is 0 Å². The Morgan fingerprint density at radius 2 is 2.00 bits per heavy atom. The maximum atomic E-state index is 11.3. The first-order valence-corrected chi connectivity index (χ1v) is 6.32. The summed E-state index contributed by atoms with van der Waals surface area (Å²) in [6.45, 7) is 8.80. The zero-order valence-electron chi connectivity index (χ0n) is 11.7. The van der Waals surface area contributed by atoms with E-state index in [-0.39, 0.29) is 18.0 Å². The smallest absolute Gasteiger partial charge is 0.344 e. The Hall–Kier alpha value is -1.51. The lowest BCUT2D eigenvalue weighted by Crippen LogP contribution is -2.16. The van der Waals surface area contributed by atoms with E-state index >= 15 is 0 Å². The number of carbonyl (C=O) groups excluding carboxylic acids is 1. The van der Waals surface area contributed by atoms with E-state index in [0.29, 0.717) is 12.4 Å². The third kappa shape index (κ3) is 4.78. The number of esters is 1. The molecule has 0 atom stereocenters. The molecule has 0 bridgehead atoms. The predicted molar refractivity (Wildman–Crippen MR) is 71.9 cm³/mol. The van der Waals surface area contributed by atoms with E-state index in [0.717, 1.165) is 6.42 Å². The molecule has 0 aliphatic rings. The summed E-state index contributed by atoms with van der Waals surface area (Å²) in [7, 11) is 0. The monoisotopic (exact) mass is 250 g/mol. The second kappa shape index (κ2) is 6.43. The van der Waals surface area contributed by atoms with E-state index in [9.17, 15) is 4.79 Å². The maximum Gasteiger partial charge on any atom is 0.344 e. The van der Waals surface area contributed by atoms with E-state index in [1.807, 2.05) is 25.1 Å². The summed E-state index contributed by atoms with van der Waals surface area (Å²) in [6.07, 6.45) is 0.825. The van der Waals surface area contributed by atoms with Crippen molar-refractivity contribution in [2.24, 2.45) is 0 Å². The van der Waals surface area contributed by atoms with Crippen LogP contribution in [0, 0.1) is 0 Å². The van der Waals surface area contributed by atoms with Gasteiger partial charge in [-0.25, -0.2) is 4.79 Å². The summed E-state index contributed by atoms with van der Waals surface area (Å²) >= 11 is 0. The van der Waals surface area contributed by atoms with Crippen molar-refractivity contribution in [3.8, 4) is 5.75 Å². The molecule has 100 valence electrons. The van der Waals surface area contributed by atoms with Gasteiger partial charge in [0.15, 0.2) is 6.61 Å². The van der Waals surface area contributed by atoms with Crippen LogP contribution in [0.3, 0.4) is 0 Å². The van der Waals surface area contributed by atoms with Crippen LogP contribution in [0.25, 0.3) is 0 Å². The third-order valence-corrected chi connectivity index (χ3v) is 2.52. The predicted octanol–water partition coefficient (Wildman–Crippen LogP) is 3.32. The zero-order valence-corrected chi connectivity index (χ0v) is 11.7. The molecule has 18 heavy (non-hydrogen) atoms. The SMILES string of the molecule is CCCOC(=O)COc1cccc(C(C)(C)C)c1. The summed E-state index contributed by atoms with van der Waals surface area (Å²) < 4.78 is 10.4. The van der Waals surface area contributed by atoms with E-state index in [1.165, 1.54) is 5.56 Å². The van der Waals surface area contributed by atoms with Crippen LogP contribution in [-0.4, -0.2) is 19.2 Å². The fourth-order valence-corrected chi connectivity index (χ4v) is 1.45. The molecular weight excluding hydrogens is 228 g/mol. The minimum absolute atomic E-state index is 0.0341. The van der Waals surface area contributed by atoms with Crippen molar-refractivity contribution in [2.45, 2.75) is 39.5 Å². The van der Waals surface area contributed by atoms with Crippen molar-refractivity contribution in [1.82, 2.24) is 0 Å². The average molecular weight is 250 g/mol. The minimum Gasteiger partial charge on any atom is -0.482 e. The summed E-state index contributed by atoms with van der Waals surface area (Å²) in [4.78, 5) is 11.3. The Morgan fingerprint density at radius 1 is 1.28 bits per heavy atom. The van der Waals surface area contributed by atoms with Crippen molar-refractivity contribution in [2.75, 3.05) is 13.2 Å². The number of hydrogen-bond donors (Lipinski definition) is 0. The average Bonchev–Trinajstić information content (AvgIpc) is 2.33. The van der Waals surface area contributed by atoms with Crippen LogP contribution < -0.4 is 4.74 Å². The molecule has 0 aliphatic heterocycles. The van der Waals surface area contributed by atoms with Gasteiger partial charge in [0.25, 0.3) is 0 Å². The Kier molecular flexibility index (Phi) is 5.20. The fourth-order valence-electron chi connectivity index (χ4n) is 1.45. The van der Waals surface area contributed by atoms with Crippen LogP contribution in [0.2, 0.25) is 0 Å². The van der Waals surface area contributed by atoms with Crippen molar-refractivity contribution >= 4 is 5.97 Å². The van der Waals surface area contributed by atoms with Gasteiger partial charge in [0.05, 0.1) is 6.61 Å². The largest absolute Gasteiger partial charge is 0.482 e. The highest BCUT2D eigenvalue weighted by atomic mass is 16.6. The lowest BCUT2D eigenvalue weighted by Gasteiger charge is -2.19. The molecule has 1 rings (SSSR count). The fraction of sp³-hybridized carbons (Fsp3) is 0.533. The minimum atomic E-state index is -0.321. The molecule has 1 aromatic rings. The first-order valence-electron chi connectivity index (χ1n) is 6.32. The summed E-state index contributed by atoms with van der Waals surface area (Å²) in [5, 5.41) is 0. The molecule has 0 amide bonds. The van der Waals surface area contributed by atoms with Gasteiger partial charge < -0.3 is 9.47 Å². The van der Waals surface area contributed by atoms with Gasteiger partial charge in [-0.2, -0.15) is 0 Å². The highest BCUT2D eigenvalue weighted by molar-refractivity contribution is 5.71. The molecule has 0 heterocycles. The van der Waals surface area contributed by atoms with Crippen LogP contribution in [0.1, 0.15) is 39.7 Å². The first kappa shape index (κ1) is 14.6. The number of ether oxygens (including phenoxy) is 2. The van der Waals surface area contributed by atoms with Crippen LogP contribution in [0.4, 0.5) is 0 Å². The molecule has 0 unspecified atom stereocenters. The number of carbonyl (C=O) groups is 1. The van der Waals surface area contributed by atoms with Gasteiger partial charge in [-0.3, -0.25) is 0 Å². The first-order chi connectivity index (χ1) is 8.43. The molecule has 0 spiro atoms. The zero-order chi connectivity index (χ0) is 13.6. The summed E-state index contributed by atoms with van der Waals surface area (Å²) in [6, 6.07) is 7.81. The van der Waals surface area contributed by atoms with Gasteiger partial charge in [-0.05, 0) is 29.5 Å². The van der Waals surface area contributed by atoms with Crippen molar-refractivity contribution in [3.63, 3.8) is 0 Å². The van der Waals surface area contributed by atoms with E-state index in [2.05, 4.69) is 26.8 Å². The normalized spacial score (nSPS) is 11.1. The lowest BCUT2D eigenvalue weighted by molar-refractivity contribution is -0.146. The van der Waals surface area contributed by atoms with Gasteiger partial charge in [0, 0.05) is 0 Å². The lowest BCUT2D eigenvalue weighted by atomic mass is 9.87. The standard InChI is InChI=1S/C15H22O3/c1-5-9-17-14(16)11-18-13-8-6-7-12(10-13)15(2,3)4/h6-8,10H,5,9,11H2,1-4H3. The van der Waals surface area contributed by atoms with Crippen molar-refractivity contribution in [1.29, 1.82) is 0 Å². The van der Waals surface area contributed by atoms with Gasteiger partial charge in [-0.15, -0.1) is 0 Å². The second-order valence-corrected chi connectivity index (χ2v) is 5.29. The Bertz CT molecular complexity index is 391.